The molecule has 180 valence electrons. The average molecular weight is 459 g/mol. The number of hydrogen-bond donors (Lipinski definition) is 2. The van der Waals surface area contributed by atoms with Gasteiger partial charge in [-0.1, -0.05) is 60.7 Å². The molecule has 2 aromatic rings. The van der Waals surface area contributed by atoms with E-state index in [1.807, 2.05) is 6.07 Å². The zero-order chi connectivity index (χ0) is 23.2. The van der Waals surface area contributed by atoms with Crippen LogP contribution in [0.25, 0.3) is 0 Å². The van der Waals surface area contributed by atoms with Gasteiger partial charge in [-0.3, -0.25) is 4.79 Å². The molecule has 0 spiro atoms. The molecule has 5 atom stereocenters. The van der Waals surface area contributed by atoms with Crippen LogP contribution >= 0.6 is 0 Å². The first-order valence-electron chi connectivity index (χ1n) is 13.3. The highest BCUT2D eigenvalue weighted by Crippen LogP contribution is 2.71. The Balaban J connectivity index is 1.24. The third-order valence-electron chi connectivity index (χ3n) is 9.75. The highest BCUT2D eigenvalue weighted by Gasteiger charge is 2.71. The fraction of sp³-hybridized carbons (Fsp3) is 0.567. The van der Waals surface area contributed by atoms with E-state index in [-0.39, 0.29) is 16.9 Å². The Kier molecular flexibility index (Phi) is 5.77. The van der Waals surface area contributed by atoms with E-state index in [1.54, 1.807) is 0 Å². The zero-order valence-corrected chi connectivity index (χ0v) is 20.1. The fourth-order valence-corrected chi connectivity index (χ4v) is 8.20. The summed E-state index contributed by atoms with van der Waals surface area (Å²) in [5.74, 6) is 1.69. The molecule has 34 heavy (non-hydrogen) atoms. The van der Waals surface area contributed by atoms with E-state index < -0.39 is 0 Å². The van der Waals surface area contributed by atoms with E-state index in [9.17, 15) is 4.79 Å². The number of benzene rings is 2. The van der Waals surface area contributed by atoms with Gasteiger partial charge >= 0.3 is 0 Å². The van der Waals surface area contributed by atoms with Gasteiger partial charge in [0.1, 0.15) is 0 Å². The number of carbonyl (C=O) groups is 1. The molecule has 3 N–H and O–H groups in total. The minimum atomic E-state index is -0.287. The van der Waals surface area contributed by atoms with Crippen LogP contribution in [0.5, 0.6) is 0 Å². The Labute approximate surface area is 203 Å². The molecule has 4 nitrogen and oxygen atoms in total. The van der Waals surface area contributed by atoms with E-state index in [4.69, 9.17) is 10.5 Å². The molecule has 4 heteroatoms. The van der Waals surface area contributed by atoms with Gasteiger partial charge in [0.05, 0.1) is 18.1 Å². The fourth-order valence-electron chi connectivity index (χ4n) is 8.20. The van der Waals surface area contributed by atoms with Crippen LogP contribution in [-0.4, -0.2) is 24.6 Å². The van der Waals surface area contributed by atoms with Crippen LogP contribution in [0.2, 0.25) is 0 Å². The maximum absolute atomic E-state index is 14.0. The third-order valence-corrected chi connectivity index (χ3v) is 9.75. The SMILES string of the molecule is NCC1CCC(NC(=O)[C@]23CC4CC(c5ccccc5)(CC2C4OCc2ccccc2)C3)CC1. The lowest BCUT2D eigenvalue weighted by molar-refractivity contribution is -0.134. The molecule has 0 saturated heterocycles. The number of nitrogens with two attached hydrogens (primary N) is 1. The van der Waals surface area contributed by atoms with Crippen molar-refractivity contribution in [3.63, 3.8) is 0 Å². The van der Waals surface area contributed by atoms with E-state index in [2.05, 4.69) is 59.9 Å². The van der Waals surface area contributed by atoms with Crippen molar-refractivity contribution in [2.24, 2.45) is 28.9 Å². The Morgan fingerprint density at radius 2 is 1.65 bits per heavy atom. The topological polar surface area (TPSA) is 64.3 Å². The largest absolute Gasteiger partial charge is 0.373 e. The van der Waals surface area contributed by atoms with Gasteiger partial charge in [0, 0.05) is 12.0 Å². The molecule has 4 unspecified atom stereocenters. The second-order valence-corrected chi connectivity index (χ2v) is 11.6. The number of hydrogen-bond acceptors (Lipinski definition) is 3. The van der Waals surface area contributed by atoms with E-state index in [1.165, 1.54) is 11.1 Å². The van der Waals surface area contributed by atoms with Crippen LogP contribution in [0.4, 0.5) is 0 Å². The Morgan fingerprint density at radius 1 is 0.941 bits per heavy atom. The number of carbonyl (C=O) groups excluding carboxylic acids is 1. The van der Waals surface area contributed by atoms with Crippen LogP contribution in [0.1, 0.15) is 62.5 Å². The third kappa shape index (κ3) is 3.70. The molecule has 4 bridgehead atoms. The summed E-state index contributed by atoms with van der Waals surface area (Å²) in [6, 6.07) is 21.8. The number of rotatable bonds is 7. The van der Waals surface area contributed by atoms with Gasteiger partial charge in [0.2, 0.25) is 5.91 Å². The van der Waals surface area contributed by atoms with Crippen LogP contribution in [0, 0.1) is 23.2 Å². The van der Waals surface area contributed by atoms with Gasteiger partial charge < -0.3 is 15.8 Å². The van der Waals surface area contributed by atoms with Crippen molar-refractivity contribution in [2.75, 3.05) is 6.54 Å². The predicted molar refractivity (Wildman–Crippen MR) is 134 cm³/mol. The lowest BCUT2D eigenvalue weighted by atomic mass is 9.63. The molecule has 2 aromatic carbocycles. The van der Waals surface area contributed by atoms with Crippen molar-refractivity contribution < 1.29 is 9.53 Å². The van der Waals surface area contributed by atoms with Gasteiger partial charge in [-0.2, -0.15) is 0 Å². The number of nitrogens with one attached hydrogen (secondary N) is 1. The number of amides is 1. The molecular formula is C30H38N2O2. The summed E-state index contributed by atoms with van der Waals surface area (Å²) in [6.45, 7) is 1.41. The molecule has 1 amide bonds. The Hall–Kier alpha value is -2.17. The zero-order valence-electron chi connectivity index (χ0n) is 20.1. The van der Waals surface area contributed by atoms with Gasteiger partial charge in [0.15, 0.2) is 0 Å². The highest BCUT2D eigenvalue weighted by molar-refractivity contribution is 5.85. The maximum Gasteiger partial charge on any atom is 0.226 e. The summed E-state index contributed by atoms with van der Waals surface area (Å²) >= 11 is 0. The summed E-state index contributed by atoms with van der Waals surface area (Å²) in [6.07, 6.45) is 8.75. The second-order valence-electron chi connectivity index (χ2n) is 11.6. The minimum Gasteiger partial charge on any atom is -0.373 e. The van der Waals surface area contributed by atoms with Gasteiger partial charge in [0.25, 0.3) is 0 Å². The van der Waals surface area contributed by atoms with Crippen LogP contribution in [-0.2, 0) is 21.6 Å². The Morgan fingerprint density at radius 3 is 2.35 bits per heavy atom. The summed E-state index contributed by atoms with van der Waals surface area (Å²) < 4.78 is 6.63. The standard InChI is InChI=1S/C30H38N2O2/c31-18-21-11-13-25(14-12-21)32-28(33)30-16-23-15-29(20-30,24-9-5-2-6-10-24)17-26(30)27(23)34-19-22-7-3-1-4-8-22/h1-10,21,23,25-27H,11-20,31H2,(H,32,33)/t21?,23?,25?,26?,27?,29?,30-/m0/s1. The molecule has 7 rings (SSSR count). The maximum atomic E-state index is 14.0. The monoisotopic (exact) mass is 458 g/mol. The second kappa shape index (κ2) is 8.80. The van der Waals surface area contributed by atoms with Crippen LogP contribution in [0.3, 0.4) is 0 Å². The average Bonchev–Trinajstić information content (AvgIpc) is 3.26. The Bertz CT molecular complexity index is 1000. The molecule has 5 aliphatic carbocycles. The van der Waals surface area contributed by atoms with E-state index in [0.29, 0.717) is 36.3 Å². The molecule has 5 fully saturated rings. The van der Waals surface area contributed by atoms with Crippen molar-refractivity contribution in [3.05, 3.63) is 71.8 Å². The molecule has 0 heterocycles. The van der Waals surface area contributed by atoms with Gasteiger partial charge in [-0.05, 0) is 86.3 Å². The summed E-state index contributed by atoms with van der Waals surface area (Å²) in [4.78, 5) is 14.0. The predicted octanol–water partition coefficient (Wildman–Crippen LogP) is 4.96. The quantitative estimate of drug-likeness (QED) is 0.616. The molecule has 0 radical (unpaired) electrons. The minimum absolute atomic E-state index is 0.121. The van der Waals surface area contributed by atoms with Crippen molar-refractivity contribution in [1.82, 2.24) is 5.32 Å². The number of ether oxygens (including phenoxy) is 1. The smallest absolute Gasteiger partial charge is 0.226 e. The normalized spacial score (nSPS) is 38.2. The first-order chi connectivity index (χ1) is 16.6. The molecule has 0 aromatic heterocycles. The van der Waals surface area contributed by atoms with Crippen molar-refractivity contribution in [1.29, 1.82) is 0 Å². The van der Waals surface area contributed by atoms with Crippen LogP contribution < -0.4 is 11.1 Å². The summed E-state index contributed by atoms with van der Waals surface area (Å²) in [5, 5.41) is 3.54. The lowest BCUT2D eigenvalue weighted by Gasteiger charge is -2.43. The van der Waals surface area contributed by atoms with E-state index in [0.717, 1.165) is 57.9 Å². The van der Waals surface area contributed by atoms with Gasteiger partial charge in [-0.25, -0.2) is 0 Å². The van der Waals surface area contributed by atoms with Crippen molar-refractivity contribution in [2.45, 2.75) is 75.5 Å². The molecular weight excluding hydrogens is 420 g/mol. The highest BCUT2D eigenvalue weighted by atomic mass is 16.5. The van der Waals surface area contributed by atoms with E-state index >= 15 is 0 Å². The summed E-state index contributed by atoms with van der Waals surface area (Å²) in [7, 11) is 0. The van der Waals surface area contributed by atoms with Crippen molar-refractivity contribution in [3.8, 4) is 0 Å². The first kappa shape index (κ1) is 22.3. The van der Waals surface area contributed by atoms with Gasteiger partial charge in [-0.15, -0.1) is 0 Å². The molecule has 0 aliphatic heterocycles. The molecule has 5 saturated carbocycles. The van der Waals surface area contributed by atoms with Crippen LogP contribution in [0.15, 0.2) is 60.7 Å². The first-order valence-corrected chi connectivity index (χ1v) is 13.3. The lowest BCUT2D eigenvalue weighted by Crippen LogP contribution is -2.48. The van der Waals surface area contributed by atoms with Crippen molar-refractivity contribution >= 4 is 5.91 Å². The summed E-state index contributed by atoms with van der Waals surface area (Å²) in [5.41, 5.74) is 8.36. The molecule has 5 aliphatic rings.